The summed E-state index contributed by atoms with van der Waals surface area (Å²) in [5.41, 5.74) is 14.9. The quantitative estimate of drug-likeness (QED) is 0.597. The molecule has 2 heterocycles. The largest absolute Gasteiger partial charge is 0.399 e. The van der Waals surface area contributed by atoms with Crippen molar-refractivity contribution in [3.8, 4) is 0 Å². The van der Waals surface area contributed by atoms with Crippen molar-refractivity contribution in [3.63, 3.8) is 0 Å². The van der Waals surface area contributed by atoms with Gasteiger partial charge in [0.1, 0.15) is 5.82 Å². The smallest absolute Gasteiger partial charge is 0.129 e. The second-order valence-electron chi connectivity index (χ2n) is 6.98. The Labute approximate surface area is 143 Å². The van der Waals surface area contributed by atoms with Crippen LogP contribution >= 0.6 is 0 Å². The van der Waals surface area contributed by atoms with Crippen molar-refractivity contribution < 1.29 is 0 Å². The van der Waals surface area contributed by atoms with E-state index in [2.05, 4.69) is 23.7 Å². The topological polar surface area (TPSA) is 92.0 Å². The molecule has 1 aromatic carbocycles. The number of piperidine rings is 1. The van der Waals surface area contributed by atoms with Gasteiger partial charge in [0.25, 0.3) is 0 Å². The monoisotopic (exact) mass is 323 g/mol. The summed E-state index contributed by atoms with van der Waals surface area (Å²) >= 11 is 0. The molecule has 0 amide bonds. The van der Waals surface area contributed by atoms with Crippen LogP contribution in [0.2, 0.25) is 0 Å². The van der Waals surface area contributed by atoms with Crippen LogP contribution in [0.15, 0.2) is 36.5 Å². The van der Waals surface area contributed by atoms with Gasteiger partial charge >= 0.3 is 0 Å². The van der Waals surface area contributed by atoms with Gasteiger partial charge in [-0.05, 0) is 48.6 Å². The second-order valence-corrected chi connectivity index (χ2v) is 6.98. The van der Waals surface area contributed by atoms with Gasteiger partial charge in [0, 0.05) is 41.8 Å². The van der Waals surface area contributed by atoms with Gasteiger partial charge < -0.3 is 16.4 Å². The molecule has 0 saturated carbocycles. The van der Waals surface area contributed by atoms with Crippen LogP contribution < -0.4 is 16.4 Å². The molecule has 2 aromatic rings. The first-order valence-electron chi connectivity index (χ1n) is 8.39. The van der Waals surface area contributed by atoms with E-state index >= 15 is 0 Å². The molecule has 1 aliphatic rings. The number of nitrogens with zero attached hydrogens (tertiary/aromatic N) is 2. The predicted octanol–water partition coefficient (Wildman–Crippen LogP) is 3.14. The summed E-state index contributed by atoms with van der Waals surface area (Å²) in [4.78, 5) is 6.84. The molecule has 5 nitrogen and oxygen atoms in total. The number of aromatic nitrogens is 1. The van der Waals surface area contributed by atoms with Gasteiger partial charge in [0.05, 0.1) is 5.71 Å². The van der Waals surface area contributed by atoms with E-state index < -0.39 is 0 Å². The van der Waals surface area contributed by atoms with E-state index in [4.69, 9.17) is 16.9 Å². The van der Waals surface area contributed by atoms with Gasteiger partial charge in [-0.1, -0.05) is 13.8 Å². The van der Waals surface area contributed by atoms with Gasteiger partial charge in [-0.25, -0.2) is 4.98 Å². The van der Waals surface area contributed by atoms with Gasteiger partial charge in [0.2, 0.25) is 0 Å². The minimum absolute atomic E-state index is 0.376. The number of anilines is 3. The molecule has 5 N–H and O–H groups in total. The molecule has 1 aliphatic heterocycles. The zero-order chi connectivity index (χ0) is 17.3. The summed E-state index contributed by atoms with van der Waals surface area (Å²) in [6, 6.07) is 9.08. The van der Waals surface area contributed by atoms with Crippen molar-refractivity contribution >= 4 is 22.9 Å². The fourth-order valence-corrected chi connectivity index (χ4v) is 3.54. The Bertz CT molecular complexity index is 745. The van der Waals surface area contributed by atoms with Crippen molar-refractivity contribution in [2.45, 2.75) is 20.3 Å². The maximum atomic E-state index is 8.52. The number of nitrogens with one attached hydrogen (secondary N) is 1. The first-order valence-corrected chi connectivity index (χ1v) is 8.39. The van der Waals surface area contributed by atoms with Crippen LogP contribution in [0.3, 0.4) is 0 Å². The second kappa shape index (κ2) is 6.51. The van der Waals surface area contributed by atoms with Crippen LogP contribution in [0.4, 0.5) is 17.2 Å². The maximum Gasteiger partial charge on any atom is 0.129 e. The van der Waals surface area contributed by atoms with Gasteiger partial charge in [-0.3, -0.25) is 5.41 Å². The Morgan fingerprint density at radius 3 is 2.54 bits per heavy atom. The molecule has 5 heteroatoms. The average molecular weight is 323 g/mol. The molecule has 3 rings (SSSR count). The van der Waals surface area contributed by atoms with Crippen LogP contribution in [0, 0.1) is 17.2 Å². The number of hydrogen-bond acceptors (Lipinski definition) is 5. The standard InChI is InChI=1S/C19H25N5/c1-12-7-13(2)11-24(10-12)18-8-14(5-6-23-18)19(22)16-9-15(20)3-4-17(16)21/h3-6,8-9,12-13,22H,7,10-11,20-21H2,1-2H3. The van der Waals surface area contributed by atoms with E-state index in [9.17, 15) is 0 Å². The molecule has 0 aliphatic carbocycles. The number of hydrogen-bond donors (Lipinski definition) is 3. The Hall–Kier alpha value is -2.56. The van der Waals surface area contributed by atoms with Crippen molar-refractivity contribution in [1.29, 1.82) is 5.41 Å². The fourth-order valence-electron chi connectivity index (χ4n) is 3.54. The summed E-state index contributed by atoms with van der Waals surface area (Å²) in [6.07, 6.45) is 3.03. The Kier molecular flexibility index (Phi) is 4.42. The van der Waals surface area contributed by atoms with Gasteiger partial charge in [-0.15, -0.1) is 0 Å². The molecule has 24 heavy (non-hydrogen) atoms. The Morgan fingerprint density at radius 2 is 1.83 bits per heavy atom. The van der Waals surface area contributed by atoms with E-state index in [1.807, 2.05) is 12.1 Å². The average Bonchev–Trinajstić information content (AvgIpc) is 2.55. The van der Waals surface area contributed by atoms with E-state index in [0.717, 1.165) is 24.5 Å². The molecular weight excluding hydrogens is 298 g/mol. The summed E-state index contributed by atoms with van der Waals surface area (Å²) in [5, 5.41) is 8.52. The lowest BCUT2D eigenvalue weighted by Crippen LogP contribution is -2.39. The Balaban J connectivity index is 1.90. The number of nitrogen functional groups attached to an aromatic ring is 2. The van der Waals surface area contributed by atoms with Crippen LogP contribution in [0.1, 0.15) is 31.4 Å². The third-order valence-corrected chi connectivity index (χ3v) is 4.57. The molecule has 126 valence electrons. The summed E-state index contributed by atoms with van der Waals surface area (Å²) < 4.78 is 0. The highest BCUT2D eigenvalue weighted by Gasteiger charge is 2.23. The lowest BCUT2D eigenvalue weighted by molar-refractivity contribution is 0.355. The van der Waals surface area contributed by atoms with Crippen LogP contribution in [-0.2, 0) is 0 Å². The summed E-state index contributed by atoms with van der Waals surface area (Å²) in [7, 11) is 0. The number of pyridine rings is 1. The van der Waals surface area contributed by atoms with Crippen molar-refractivity contribution in [3.05, 3.63) is 47.7 Å². The number of nitrogens with two attached hydrogens (primary N) is 2. The SMILES string of the molecule is CC1CC(C)CN(c2cc(C(=N)c3cc(N)ccc3N)ccn2)C1. The highest BCUT2D eigenvalue weighted by atomic mass is 15.2. The van der Waals surface area contributed by atoms with E-state index in [-0.39, 0.29) is 0 Å². The van der Waals surface area contributed by atoms with Crippen molar-refractivity contribution in [2.24, 2.45) is 11.8 Å². The van der Waals surface area contributed by atoms with Gasteiger partial charge in [-0.2, -0.15) is 0 Å². The molecule has 2 atom stereocenters. The van der Waals surface area contributed by atoms with Crippen molar-refractivity contribution in [1.82, 2.24) is 4.98 Å². The summed E-state index contributed by atoms with van der Waals surface area (Å²) in [6.45, 7) is 6.58. The first kappa shape index (κ1) is 16.3. The molecule has 0 radical (unpaired) electrons. The highest BCUT2D eigenvalue weighted by molar-refractivity contribution is 6.14. The molecule has 1 fully saturated rings. The first-order chi connectivity index (χ1) is 11.4. The zero-order valence-corrected chi connectivity index (χ0v) is 14.3. The maximum absolute atomic E-state index is 8.52. The normalized spacial score (nSPS) is 20.8. The van der Waals surface area contributed by atoms with Crippen LogP contribution in [0.25, 0.3) is 0 Å². The lowest BCUT2D eigenvalue weighted by Gasteiger charge is -2.36. The van der Waals surface area contributed by atoms with Crippen molar-refractivity contribution in [2.75, 3.05) is 29.5 Å². The van der Waals surface area contributed by atoms with E-state index in [1.54, 1.807) is 24.4 Å². The fraction of sp³-hybridized carbons (Fsp3) is 0.368. The zero-order valence-electron chi connectivity index (χ0n) is 14.3. The molecule has 1 saturated heterocycles. The van der Waals surface area contributed by atoms with Crippen LogP contribution in [0.5, 0.6) is 0 Å². The molecule has 0 spiro atoms. The molecule has 2 unspecified atom stereocenters. The number of rotatable bonds is 3. The number of benzene rings is 1. The molecular formula is C19H25N5. The summed E-state index contributed by atoms with van der Waals surface area (Å²) in [5.74, 6) is 2.24. The minimum Gasteiger partial charge on any atom is -0.399 e. The van der Waals surface area contributed by atoms with Crippen LogP contribution in [-0.4, -0.2) is 23.8 Å². The third-order valence-electron chi connectivity index (χ3n) is 4.57. The lowest BCUT2D eigenvalue weighted by atomic mass is 9.92. The predicted molar refractivity (Wildman–Crippen MR) is 101 cm³/mol. The Morgan fingerprint density at radius 1 is 1.12 bits per heavy atom. The third kappa shape index (κ3) is 3.35. The van der Waals surface area contributed by atoms with Gasteiger partial charge in [0.15, 0.2) is 0 Å². The molecule has 0 bridgehead atoms. The highest BCUT2D eigenvalue weighted by Crippen LogP contribution is 2.26. The van der Waals surface area contributed by atoms with E-state index in [1.165, 1.54) is 6.42 Å². The molecule has 1 aromatic heterocycles. The minimum atomic E-state index is 0.376. The van der Waals surface area contributed by atoms with E-state index in [0.29, 0.717) is 34.5 Å².